The fraction of sp³-hybridized carbons (Fsp3) is 0.250. The number of anilines is 1. The molecule has 0 bridgehead atoms. The Bertz CT molecular complexity index is 664. The van der Waals surface area contributed by atoms with Crippen molar-refractivity contribution in [2.45, 2.75) is 18.9 Å². The summed E-state index contributed by atoms with van der Waals surface area (Å²) in [7, 11) is 0. The lowest BCUT2D eigenvalue weighted by atomic mass is 10.3. The van der Waals surface area contributed by atoms with Crippen LogP contribution in [0.2, 0.25) is 10.3 Å². The van der Waals surface area contributed by atoms with E-state index in [1.54, 1.807) is 6.07 Å². The number of aromatic nitrogens is 3. The molecule has 1 fully saturated rings. The molecule has 20 heavy (non-hydrogen) atoms. The fourth-order valence-corrected chi connectivity index (χ4v) is 2.75. The van der Waals surface area contributed by atoms with Crippen molar-refractivity contribution >= 4 is 50.7 Å². The predicted molar refractivity (Wildman–Crippen MR) is 80.4 cm³/mol. The molecule has 1 saturated carbocycles. The SMILES string of the molecule is O=C(Nc1c(Cl)ncnc1Cl)c1cc(Br)cn1C1CC1. The van der Waals surface area contributed by atoms with E-state index in [2.05, 4.69) is 31.2 Å². The molecular formula is C12H9BrCl2N4O. The number of carbonyl (C=O) groups excluding carboxylic acids is 1. The third-order valence-electron chi connectivity index (χ3n) is 2.98. The third kappa shape index (κ3) is 2.68. The highest BCUT2D eigenvalue weighted by molar-refractivity contribution is 9.10. The quantitative estimate of drug-likeness (QED) is 0.826. The highest BCUT2D eigenvalue weighted by Crippen LogP contribution is 2.38. The van der Waals surface area contributed by atoms with Gasteiger partial charge in [0.15, 0.2) is 10.3 Å². The summed E-state index contributed by atoms with van der Waals surface area (Å²) < 4.78 is 2.81. The van der Waals surface area contributed by atoms with Gasteiger partial charge in [0.2, 0.25) is 0 Å². The van der Waals surface area contributed by atoms with Crippen LogP contribution in [0.15, 0.2) is 23.1 Å². The Balaban J connectivity index is 1.90. The summed E-state index contributed by atoms with van der Waals surface area (Å²) >= 11 is 15.2. The van der Waals surface area contributed by atoms with Gasteiger partial charge in [-0.15, -0.1) is 0 Å². The van der Waals surface area contributed by atoms with E-state index in [-0.39, 0.29) is 21.9 Å². The molecule has 5 nitrogen and oxygen atoms in total. The van der Waals surface area contributed by atoms with Crippen molar-refractivity contribution in [3.8, 4) is 0 Å². The first-order valence-electron chi connectivity index (χ1n) is 5.91. The molecule has 0 spiro atoms. The predicted octanol–water partition coefficient (Wildman–Crippen LogP) is 3.93. The van der Waals surface area contributed by atoms with Crippen LogP contribution in [-0.2, 0) is 0 Å². The molecule has 3 rings (SSSR count). The monoisotopic (exact) mass is 374 g/mol. The van der Waals surface area contributed by atoms with E-state index in [1.165, 1.54) is 6.33 Å². The Morgan fingerprint density at radius 2 is 2.00 bits per heavy atom. The number of halogens is 3. The zero-order valence-electron chi connectivity index (χ0n) is 10.1. The van der Waals surface area contributed by atoms with Crippen LogP contribution in [0.4, 0.5) is 5.69 Å². The maximum Gasteiger partial charge on any atom is 0.272 e. The molecule has 2 aromatic rings. The Morgan fingerprint density at radius 3 is 2.60 bits per heavy atom. The molecule has 1 aliphatic rings. The van der Waals surface area contributed by atoms with Crippen LogP contribution in [0.25, 0.3) is 0 Å². The third-order valence-corrected chi connectivity index (χ3v) is 3.99. The topological polar surface area (TPSA) is 59.8 Å². The molecule has 2 aromatic heterocycles. The van der Waals surface area contributed by atoms with E-state index in [0.717, 1.165) is 17.3 Å². The van der Waals surface area contributed by atoms with Gasteiger partial charge in [0, 0.05) is 16.7 Å². The van der Waals surface area contributed by atoms with Gasteiger partial charge in [-0.1, -0.05) is 23.2 Å². The van der Waals surface area contributed by atoms with Crippen LogP contribution >= 0.6 is 39.1 Å². The average molecular weight is 376 g/mol. The fourth-order valence-electron chi connectivity index (χ4n) is 1.91. The summed E-state index contributed by atoms with van der Waals surface area (Å²) in [5.74, 6) is -0.291. The second kappa shape index (κ2) is 5.35. The molecule has 8 heteroatoms. The molecule has 0 saturated heterocycles. The van der Waals surface area contributed by atoms with Gasteiger partial charge in [-0.25, -0.2) is 9.97 Å². The summed E-state index contributed by atoms with van der Waals surface area (Å²) in [5, 5.41) is 2.89. The molecule has 1 aliphatic carbocycles. The number of carbonyl (C=O) groups is 1. The molecule has 1 N–H and O–H groups in total. The standard InChI is InChI=1S/C12H9BrCl2N4O/c13-6-3-8(19(4-6)7-1-2-7)12(20)18-9-10(14)16-5-17-11(9)15/h3-5,7H,1-2H2,(H,18,20). The van der Waals surface area contributed by atoms with Crippen LogP contribution in [0.5, 0.6) is 0 Å². The van der Waals surface area contributed by atoms with Gasteiger partial charge < -0.3 is 9.88 Å². The van der Waals surface area contributed by atoms with Gasteiger partial charge >= 0.3 is 0 Å². The van der Waals surface area contributed by atoms with Crippen molar-refractivity contribution in [1.29, 1.82) is 0 Å². The van der Waals surface area contributed by atoms with Crippen molar-refractivity contribution in [2.24, 2.45) is 0 Å². The van der Waals surface area contributed by atoms with E-state index in [9.17, 15) is 4.79 Å². The van der Waals surface area contributed by atoms with Crippen LogP contribution in [-0.4, -0.2) is 20.4 Å². The molecule has 0 aromatic carbocycles. The van der Waals surface area contributed by atoms with Crippen molar-refractivity contribution < 1.29 is 4.79 Å². The summed E-state index contributed by atoms with van der Waals surface area (Å²) in [6, 6.07) is 2.15. The number of nitrogens with one attached hydrogen (secondary N) is 1. The molecule has 0 atom stereocenters. The lowest BCUT2D eigenvalue weighted by Crippen LogP contribution is -2.17. The first-order chi connectivity index (χ1) is 9.56. The molecule has 2 heterocycles. The minimum atomic E-state index is -0.291. The molecular weight excluding hydrogens is 367 g/mol. The number of rotatable bonds is 3. The molecule has 0 aliphatic heterocycles. The second-order valence-electron chi connectivity index (χ2n) is 4.47. The van der Waals surface area contributed by atoms with Crippen molar-refractivity contribution in [3.05, 3.63) is 39.1 Å². The number of hydrogen-bond donors (Lipinski definition) is 1. The van der Waals surface area contributed by atoms with Gasteiger partial charge in [0.05, 0.1) is 0 Å². The molecule has 0 unspecified atom stereocenters. The van der Waals surface area contributed by atoms with Crippen molar-refractivity contribution in [1.82, 2.24) is 14.5 Å². The first kappa shape index (κ1) is 13.9. The minimum Gasteiger partial charge on any atom is -0.339 e. The summed E-state index contributed by atoms with van der Waals surface area (Å²) in [4.78, 5) is 20.0. The van der Waals surface area contributed by atoms with Gasteiger partial charge in [0.25, 0.3) is 5.91 Å². The van der Waals surface area contributed by atoms with E-state index in [0.29, 0.717) is 11.7 Å². The molecule has 0 radical (unpaired) electrons. The van der Waals surface area contributed by atoms with E-state index < -0.39 is 0 Å². The largest absolute Gasteiger partial charge is 0.339 e. The lowest BCUT2D eigenvalue weighted by molar-refractivity contribution is 0.101. The number of hydrogen-bond acceptors (Lipinski definition) is 3. The van der Waals surface area contributed by atoms with Crippen LogP contribution < -0.4 is 5.32 Å². The Labute approximate surface area is 133 Å². The normalized spacial score (nSPS) is 14.3. The van der Waals surface area contributed by atoms with Gasteiger partial charge in [-0.2, -0.15) is 0 Å². The molecule has 1 amide bonds. The van der Waals surface area contributed by atoms with Crippen LogP contribution in [0, 0.1) is 0 Å². The van der Waals surface area contributed by atoms with Crippen LogP contribution in [0.1, 0.15) is 29.4 Å². The van der Waals surface area contributed by atoms with E-state index in [4.69, 9.17) is 23.2 Å². The van der Waals surface area contributed by atoms with E-state index in [1.807, 2.05) is 10.8 Å². The van der Waals surface area contributed by atoms with Gasteiger partial charge in [-0.3, -0.25) is 4.79 Å². The average Bonchev–Trinajstić information content (AvgIpc) is 3.17. The van der Waals surface area contributed by atoms with Crippen molar-refractivity contribution in [2.75, 3.05) is 5.32 Å². The summed E-state index contributed by atoms with van der Waals surface area (Å²) in [6.45, 7) is 0. The zero-order chi connectivity index (χ0) is 14.3. The minimum absolute atomic E-state index is 0.113. The summed E-state index contributed by atoms with van der Waals surface area (Å²) in [6.07, 6.45) is 5.30. The molecule has 104 valence electrons. The van der Waals surface area contributed by atoms with E-state index >= 15 is 0 Å². The van der Waals surface area contributed by atoms with Gasteiger partial charge in [0.1, 0.15) is 17.7 Å². The number of nitrogens with zero attached hydrogens (tertiary/aromatic N) is 3. The highest BCUT2D eigenvalue weighted by Gasteiger charge is 2.28. The zero-order valence-corrected chi connectivity index (χ0v) is 13.2. The maximum absolute atomic E-state index is 12.4. The van der Waals surface area contributed by atoms with Crippen molar-refractivity contribution in [3.63, 3.8) is 0 Å². The highest BCUT2D eigenvalue weighted by atomic mass is 79.9. The Hall–Kier alpha value is -1.11. The summed E-state index contributed by atoms with van der Waals surface area (Å²) in [5.41, 5.74) is 0.774. The van der Waals surface area contributed by atoms with Crippen LogP contribution in [0.3, 0.4) is 0 Å². The Morgan fingerprint density at radius 1 is 1.35 bits per heavy atom. The number of amides is 1. The first-order valence-corrected chi connectivity index (χ1v) is 7.46. The second-order valence-corrected chi connectivity index (χ2v) is 6.10. The maximum atomic E-state index is 12.4. The van der Waals surface area contributed by atoms with Gasteiger partial charge in [-0.05, 0) is 34.8 Å². The lowest BCUT2D eigenvalue weighted by Gasteiger charge is -2.10. The smallest absolute Gasteiger partial charge is 0.272 e. The Kier molecular flexibility index (Phi) is 3.70.